The average Bonchev–Trinajstić information content (AvgIpc) is 2.95. The van der Waals surface area contributed by atoms with Crippen molar-refractivity contribution in [2.24, 2.45) is 11.8 Å². The highest BCUT2D eigenvalue weighted by atomic mass is 32.1. The number of aromatic nitrogens is 2. The van der Waals surface area contributed by atoms with E-state index in [1.807, 2.05) is 0 Å². The molecule has 3 rings (SSSR count). The number of anilines is 1. The molecule has 0 saturated carbocycles. The molecule has 0 aromatic carbocycles. The van der Waals surface area contributed by atoms with Crippen LogP contribution in [0.5, 0.6) is 0 Å². The summed E-state index contributed by atoms with van der Waals surface area (Å²) in [6, 6.07) is 0.364. The molecule has 1 fully saturated rings. The van der Waals surface area contributed by atoms with Crippen molar-refractivity contribution in [1.82, 2.24) is 20.2 Å². The number of aryl methyl sites for hydroxylation is 2. The van der Waals surface area contributed by atoms with Gasteiger partial charge in [0.2, 0.25) is 5.91 Å². The van der Waals surface area contributed by atoms with Crippen LogP contribution in [0.1, 0.15) is 37.1 Å². The fraction of sp³-hybridized carbons (Fsp3) is 0.667. The van der Waals surface area contributed by atoms with Crippen molar-refractivity contribution in [2.75, 3.05) is 38.6 Å². The lowest BCUT2D eigenvalue weighted by Gasteiger charge is -2.33. The second kappa shape index (κ2) is 8.74. The first kappa shape index (κ1) is 21.0. The molecule has 1 amide bonds. The van der Waals surface area contributed by atoms with E-state index in [0.29, 0.717) is 18.5 Å². The highest BCUT2D eigenvalue weighted by Crippen LogP contribution is 2.35. The summed E-state index contributed by atoms with van der Waals surface area (Å²) in [6.07, 6.45) is 3.40. The van der Waals surface area contributed by atoms with Crippen LogP contribution in [0.25, 0.3) is 10.2 Å². The highest BCUT2D eigenvalue weighted by molar-refractivity contribution is 7.18. The van der Waals surface area contributed by atoms with Gasteiger partial charge in [0.25, 0.3) is 0 Å². The lowest BCUT2D eigenvalue weighted by Crippen LogP contribution is -2.46. The molecule has 0 radical (unpaired) electrons. The lowest BCUT2D eigenvalue weighted by atomic mass is 9.95. The van der Waals surface area contributed by atoms with Gasteiger partial charge < -0.3 is 15.1 Å². The van der Waals surface area contributed by atoms with E-state index in [2.05, 4.69) is 66.9 Å². The van der Waals surface area contributed by atoms with Gasteiger partial charge in [-0.05, 0) is 52.3 Å². The molecule has 0 bridgehead atoms. The molecule has 3 heterocycles. The van der Waals surface area contributed by atoms with Crippen LogP contribution >= 0.6 is 11.3 Å². The van der Waals surface area contributed by atoms with Crippen molar-refractivity contribution in [2.45, 2.75) is 46.6 Å². The predicted molar refractivity (Wildman–Crippen MR) is 117 cm³/mol. The minimum Gasteiger partial charge on any atom is -0.356 e. The summed E-state index contributed by atoms with van der Waals surface area (Å²) in [5.74, 6) is 1.82. The summed E-state index contributed by atoms with van der Waals surface area (Å²) in [4.78, 5) is 28.6. The zero-order valence-electron chi connectivity index (χ0n) is 18.0. The maximum atomic E-state index is 12.7. The maximum absolute atomic E-state index is 12.7. The number of carbonyl (C=O) groups is 1. The molecule has 2 aromatic heterocycles. The number of likely N-dealkylation sites (N-methyl/N-ethyl adjacent to an activating group) is 1. The molecule has 6 nitrogen and oxygen atoms in total. The number of nitrogens with one attached hydrogen (secondary N) is 1. The van der Waals surface area contributed by atoms with Gasteiger partial charge in [0.15, 0.2) is 0 Å². The molecule has 1 saturated heterocycles. The Morgan fingerprint density at radius 1 is 1.29 bits per heavy atom. The molecule has 0 aliphatic carbocycles. The average molecular weight is 404 g/mol. The summed E-state index contributed by atoms with van der Waals surface area (Å²) in [7, 11) is 4.15. The van der Waals surface area contributed by atoms with Crippen molar-refractivity contribution in [3.8, 4) is 0 Å². The van der Waals surface area contributed by atoms with E-state index in [9.17, 15) is 4.79 Å². The van der Waals surface area contributed by atoms with Gasteiger partial charge in [0.05, 0.1) is 5.39 Å². The Kier molecular flexibility index (Phi) is 6.55. The van der Waals surface area contributed by atoms with Gasteiger partial charge in [-0.3, -0.25) is 4.79 Å². The summed E-state index contributed by atoms with van der Waals surface area (Å²) in [5.41, 5.74) is 1.28. The number of rotatable bonds is 6. The Morgan fingerprint density at radius 3 is 2.57 bits per heavy atom. The summed E-state index contributed by atoms with van der Waals surface area (Å²) < 4.78 is 0. The molecular weight excluding hydrogens is 370 g/mol. The van der Waals surface area contributed by atoms with Gasteiger partial charge in [-0.2, -0.15) is 0 Å². The van der Waals surface area contributed by atoms with Crippen molar-refractivity contribution in [1.29, 1.82) is 0 Å². The Balaban J connectivity index is 1.61. The van der Waals surface area contributed by atoms with E-state index in [0.717, 1.165) is 36.6 Å². The minimum absolute atomic E-state index is 0.0915. The highest BCUT2D eigenvalue weighted by Gasteiger charge is 2.28. The smallest absolute Gasteiger partial charge is 0.223 e. The fourth-order valence-electron chi connectivity index (χ4n) is 4.12. The molecule has 0 spiro atoms. The number of thiophene rings is 1. The number of hydrogen-bond acceptors (Lipinski definition) is 6. The molecule has 1 N–H and O–H groups in total. The second-order valence-electron chi connectivity index (χ2n) is 8.44. The third kappa shape index (κ3) is 4.30. The third-order valence-corrected chi connectivity index (χ3v) is 7.14. The third-order valence-electron chi connectivity index (χ3n) is 6.03. The van der Waals surface area contributed by atoms with E-state index >= 15 is 0 Å². The van der Waals surface area contributed by atoms with Crippen LogP contribution in [-0.4, -0.2) is 60.5 Å². The van der Waals surface area contributed by atoms with Crippen LogP contribution in [0.3, 0.4) is 0 Å². The van der Waals surface area contributed by atoms with E-state index in [1.165, 1.54) is 15.8 Å². The minimum atomic E-state index is 0.0915. The zero-order valence-corrected chi connectivity index (χ0v) is 18.8. The van der Waals surface area contributed by atoms with Gasteiger partial charge in [0.1, 0.15) is 17.0 Å². The summed E-state index contributed by atoms with van der Waals surface area (Å²) >= 11 is 1.73. The topological polar surface area (TPSA) is 61.4 Å². The lowest BCUT2D eigenvalue weighted by molar-refractivity contribution is -0.125. The number of fused-ring (bicyclic) bond motifs is 1. The standard InChI is InChI=1S/C21H33N5OS/c1-13(2)17(25(5)6)11-22-20(27)16-7-9-26(10-8-16)19-18-14(3)15(4)28-21(18)24-12-23-19/h12-13,16-17H,7-11H2,1-6H3,(H,22,27)/t17-/m1/s1. The maximum Gasteiger partial charge on any atom is 0.223 e. The fourth-order valence-corrected chi connectivity index (χ4v) is 5.11. The van der Waals surface area contributed by atoms with E-state index < -0.39 is 0 Å². The number of amides is 1. The molecule has 154 valence electrons. The van der Waals surface area contributed by atoms with E-state index in [4.69, 9.17) is 0 Å². The van der Waals surface area contributed by atoms with Crippen molar-refractivity contribution < 1.29 is 4.79 Å². The quantitative estimate of drug-likeness (QED) is 0.802. The normalized spacial score (nSPS) is 16.9. The Bertz CT molecular complexity index is 816. The largest absolute Gasteiger partial charge is 0.356 e. The first-order valence-electron chi connectivity index (χ1n) is 10.2. The summed E-state index contributed by atoms with van der Waals surface area (Å²) in [5, 5.41) is 4.37. The first-order valence-corrected chi connectivity index (χ1v) is 11.0. The Morgan fingerprint density at radius 2 is 1.96 bits per heavy atom. The van der Waals surface area contributed by atoms with Gasteiger partial charge in [-0.1, -0.05) is 13.8 Å². The molecular formula is C21H33N5OS. The van der Waals surface area contributed by atoms with Crippen LogP contribution < -0.4 is 10.2 Å². The van der Waals surface area contributed by atoms with Crippen LogP contribution in [0, 0.1) is 25.7 Å². The van der Waals surface area contributed by atoms with Crippen LogP contribution in [0.15, 0.2) is 6.33 Å². The summed E-state index contributed by atoms with van der Waals surface area (Å²) in [6.45, 7) is 11.1. The van der Waals surface area contributed by atoms with Gasteiger partial charge in [-0.15, -0.1) is 11.3 Å². The zero-order chi connectivity index (χ0) is 20.4. The van der Waals surface area contributed by atoms with Crippen molar-refractivity contribution >= 4 is 33.3 Å². The number of carbonyl (C=O) groups excluding carboxylic acids is 1. The predicted octanol–water partition coefficient (Wildman–Crippen LogP) is 3.23. The Hall–Kier alpha value is -1.73. The number of hydrogen-bond donors (Lipinski definition) is 1. The molecule has 1 aliphatic heterocycles. The van der Waals surface area contributed by atoms with Crippen LogP contribution in [0.4, 0.5) is 5.82 Å². The second-order valence-corrected chi connectivity index (χ2v) is 9.65. The van der Waals surface area contributed by atoms with Crippen molar-refractivity contribution in [3.63, 3.8) is 0 Å². The van der Waals surface area contributed by atoms with Gasteiger partial charge in [-0.25, -0.2) is 9.97 Å². The van der Waals surface area contributed by atoms with E-state index in [1.54, 1.807) is 17.7 Å². The molecule has 1 atom stereocenters. The molecule has 0 unspecified atom stereocenters. The van der Waals surface area contributed by atoms with Crippen LogP contribution in [0.2, 0.25) is 0 Å². The van der Waals surface area contributed by atoms with Crippen molar-refractivity contribution in [3.05, 3.63) is 16.8 Å². The molecule has 1 aliphatic rings. The SMILES string of the molecule is Cc1sc2ncnc(N3CCC(C(=O)NC[C@H](C(C)C)N(C)C)CC3)c2c1C. The van der Waals surface area contributed by atoms with Gasteiger partial charge >= 0.3 is 0 Å². The Labute approximate surface area is 172 Å². The molecule has 7 heteroatoms. The number of nitrogens with zero attached hydrogens (tertiary/aromatic N) is 4. The van der Waals surface area contributed by atoms with Gasteiger partial charge in [0, 0.05) is 36.5 Å². The van der Waals surface area contributed by atoms with E-state index in [-0.39, 0.29) is 11.8 Å². The molecule has 28 heavy (non-hydrogen) atoms. The monoisotopic (exact) mass is 403 g/mol. The van der Waals surface area contributed by atoms with Crippen LogP contribution in [-0.2, 0) is 4.79 Å². The number of piperidine rings is 1. The molecule has 2 aromatic rings. The first-order chi connectivity index (χ1) is 13.3.